The SMILES string of the molecule is Nc1c(F)cccc1S(=O)(=O)N1CCC[C@@H]1CO. The van der Waals surface area contributed by atoms with E-state index in [1.54, 1.807) is 0 Å². The molecular weight excluding hydrogens is 259 g/mol. The summed E-state index contributed by atoms with van der Waals surface area (Å²) in [4.78, 5) is -0.233. The maximum Gasteiger partial charge on any atom is 0.245 e. The van der Waals surface area contributed by atoms with E-state index < -0.39 is 21.9 Å². The lowest BCUT2D eigenvalue weighted by Crippen LogP contribution is -2.37. The molecule has 1 aliphatic rings. The van der Waals surface area contributed by atoms with Crippen LogP contribution in [-0.4, -0.2) is 37.0 Å². The number of anilines is 1. The molecule has 0 radical (unpaired) electrons. The van der Waals surface area contributed by atoms with E-state index in [9.17, 15) is 12.8 Å². The summed E-state index contributed by atoms with van der Waals surface area (Å²) < 4.78 is 39.2. The zero-order chi connectivity index (χ0) is 13.3. The zero-order valence-electron chi connectivity index (χ0n) is 9.71. The van der Waals surface area contributed by atoms with Crippen molar-refractivity contribution in [3.8, 4) is 0 Å². The van der Waals surface area contributed by atoms with Crippen molar-refractivity contribution in [2.75, 3.05) is 18.9 Å². The van der Waals surface area contributed by atoms with E-state index >= 15 is 0 Å². The van der Waals surface area contributed by atoms with Gasteiger partial charge in [0.1, 0.15) is 10.7 Å². The number of nitrogens with two attached hydrogens (primary N) is 1. The highest BCUT2D eigenvalue weighted by atomic mass is 32.2. The Balaban J connectivity index is 2.45. The first-order valence-electron chi connectivity index (χ1n) is 5.65. The Bertz CT molecular complexity index is 547. The summed E-state index contributed by atoms with van der Waals surface area (Å²) in [5.74, 6) is -0.754. The summed E-state index contributed by atoms with van der Waals surface area (Å²) >= 11 is 0. The van der Waals surface area contributed by atoms with E-state index in [-0.39, 0.29) is 17.2 Å². The minimum Gasteiger partial charge on any atom is -0.395 e. The molecule has 5 nitrogen and oxygen atoms in total. The predicted octanol–water partition coefficient (Wildman–Crippen LogP) is 0.553. The zero-order valence-corrected chi connectivity index (χ0v) is 10.5. The molecule has 1 atom stereocenters. The fourth-order valence-corrected chi connectivity index (χ4v) is 3.99. The van der Waals surface area contributed by atoms with Crippen LogP contribution in [0.3, 0.4) is 0 Å². The summed E-state index contributed by atoms with van der Waals surface area (Å²) in [6.07, 6.45) is 1.28. The highest BCUT2D eigenvalue weighted by Crippen LogP contribution is 2.29. The molecule has 18 heavy (non-hydrogen) atoms. The first kappa shape index (κ1) is 13.3. The van der Waals surface area contributed by atoms with Crippen LogP contribution in [0.25, 0.3) is 0 Å². The second kappa shape index (κ2) is 4.83. The molecule has 0 aliphatic carbocycles. The molecule has 0 bridgehead atoms. The van der Waals surface area contributed by atoms with Crippen LogP contribution in [0.1, 0.15) is 12.8 Å². The topological polar surface area (TPSA) is 83.6 Å². The van der Waals surface area contributed by atoms with E-state index in [1.807, 2.05) is 0 Å². The number of nitrogen functional groups attached to an aromatic ring is 1. The fourth-order valence-electron chi connectivity index (χ4n) is 2.18. The number of rotatable bonds is 3. The number of halogens is 1. The fraction of sp³-hybridized carbons (Fsp3) is 0.455. The minimum atomic E-state index is -3.84. The highest BCUT2D eigenvalue weighted by molar-refractivity contribution is 7.89. The maximum absolute atomic E-state index is 13.3. The van der Waals surface area contributed by atoms with Crippen molar-refractivity contribution in [2.45, 2.75) is 23.8 Å². The predicted molar refractivity (Wildman–Crippen MR) is 64.8 cm³/mol. The third kappa shape index (κ3) is 2.09. The molecule has 3 N–H and O–H groups in total. The Morgan fingerprint density at radius 1 is 1.50 bits per heavy atom. The lowest BCUT2D eigenvalue weighted by molar-refractivity contribution is 0.213. The van der Waals surface area contributed by atoms with E-state index in [1.165, 1.54) is 16.4 Å². The van der Waals surface area contributed by atoms with Crippen molar-refractivity contribution in [2.24, 2.45) is 0 Å². The molecule has 1 heterocycles. The van der Waals surface area contributed by atoms with Gasteiger partial charge in [-0.2, -0.15) is 4.31 Å². The second-order valence-electron chi connectivity index (χ2n) is 4.25. The Hall–Kier alpha value is -1.18. The smallest absolute Gasteiger partial charge is 0.245 e. The Kier molecular flexibility index (Phi) is 3.56. The van der Waals surface area contributed by atoms with Gasteiger partial charge in [-0.15, -0.1) is 0 Å². The summed E-state index contributed by atoms with van der Waals surface area (Å²) in [5.41, 5.74) is 5.11. The van der Waals surface area contributed by atoms with Crippen LogP contribution in [0.4, 0.5) is 10.1 Å². The summed E-state index contributed by atoms with van der Waals surface area (Å²) in [6, 6.07) is 3.25. The number of aliphatic hydroxyl groups is 1. The van der Waals surface area contributed by atoms with Crippen LogP contribution >= 0.6 is 0 Å². The molecule has 0 aromatic heterocycles. The molecular formula is C11H15FN2O3S. The Morgan fingerprint density at radius 3 is 2.89 bits per heavy atom. The number of sulfonamides is 1. The third-order valence-corrected chi connectivity index (χ3v) is 5.14. The van der Waals surface area contributed by atoms with Crippen molar-refractivity contribution in [1.82, 2.24) is 4.31 Å². The summed E-state index contributed by atoms with van der Waals surface area (Å²) in [6.45, 7) is 0.0813. The maximum atomic E-state index is 13.3. The van der Waals surface area contributed by atoms with Crippen LogP contribution in [0.5, 0.6) is 0 Å². The average Bonchev–Trinajstić information content (AvgIpc) is 2.81. The number of nitrogens with zero attached hydrogens (tertiary/aromatic N) is 1. The molecule has 1 aromatic carbocycles. The van der Waals surface area contributed by atoms with E-state index in [0.717, 1.165) is 6.07 Å². The molecule has 0 amide bonds. The molecule has 1 saturated heterocycles. The van der Waals surface area contributed by atoms with Crippen molar-refractivity contribution in [1.29, 1.82) is 0 Å². The molecule has 1 aliphatic heterocycles. The van der Waals surface area contributed by atoms with Crippen LogP contribution in [0, 0.1) is 5.82 Å². The monoisotopic (exact) mass is 274 g/mol. The van der Waals surface area contributed by atoms with Crippen LogP contribution in [-0.2, 0) is 10.0 Å². The van der Waals surface area contributed by atoms with Crippen molar-refractivity contribution in [3.63, 3.8) is 0 Å². The third-order valence-electron chi connectivity index (χ3n) is 3.13. The first-order valence-corrected chi connectivity index (χ1v) is 7.09. The number of benzene rings is 1. The van der Waals surface area contributed by atoms with Gasteiger partial charge < -0.3 is 10.8 Å². The van der Waals surface area contributed by atoms with E-state index in [4.69, 9.17) is 10.8 Å². The van der Waals surface area contributed by atoms with Gasteiger partial charge >= 0.3 is 0 Å². The van der Waals surface area contributed by atoms with Gasteiger partial charge in [-0.3, -0.25) is 0 Å². The van der Waals surface area contributed by atoms with Crippen LogP contribution in [0.2, 0.25) is 0 Å². The van der Waals surface area contributed by atoms with Crippen molar-refractivity contribution in [3.05, 3.63) is 24.0 Å². The number of aliphatic hydroxyl groups excluding tert-OH is 1. The molecule has 100 valence electrons. The van der Waals surface area contributed by atoms with Gasteiger partial charge in [0, 0.05) is 12.6 Å². The van der Waals surface area contributed by atoms with Gasteiger partial charge in [0.15, 0.2) is 0 Å². The van der Waals surface area contributed by atoms with E-state index in [2.05, 4.69) is 0 Å². The van der Waals surface area contributed by atoms with Gasteiger partial charge in [0.25, 0.3) is 0 Å². The molecule has 0 spiro atoms. The van der Waals surface area contributed by atoms with Gasteiger partial charge in [0.2, 0.25) is 10.0 Å². The lowest BCUT2D eigenvalue weighted by Gasteiger charge is -2.23. The highest BCUT2D eigenvalue weighted by Gasteiger charge is 2.36. The number of para-hydroxylation sites is 1. The molecule has 0 unspecified atom stereocenters. The standard InChI is InChI=1S/C11H15FN2O3S/c12-9-4-1-5-10(11(9)13)18(16,17)14-6-2-3-8(14)7-15/h1,4-5,8,15H,2-3,6-7,13H2/t8-/m1/s1. The normalized spacial score (nSPS) is 21.3. The van der Waals surface area contributed by atoms with Gasteiger partial charge in [-0.05, 0) is 25.0 Å². The summed E-state index contributed by atoms with van der Waals surface area (Å²) in [5, 5.41) is 9.16. The van der Waals surface area contributed by atoms with Crippen LogP contribution in [0.15, 0.2) is 23.1 Å². The number of hydrogen-bond acceptors (Lipinski definition) is 4. The van der Waals surface area contributed by atoms with Crippen molar-refractivity contribution >= 4 is 15.7 Å². The van der Waals surface area contributed by atoms with Gasteiger partial charge in [-0.25, -0.2) is 12.8 Å². The van der Waals surface area contributed by atoms with Gasteiger partial charge in [0.05, 0.1) is 12.3 Å². The summed E-state index contributed by atoms with van der Waals surface area (Å²) in [7, 11) is -3.84. The first-order chi connectivity index (χ1) is 8.48. The molecule has 1 aromatic rings. The quantitative estimate of drug-likeness (QED) is 0.789. The van der Waals surface area contributed by atoms with E-state index in [0.29, 0.717) is 19.4 Å². The molecule has 7 heteroatoms. The second-order valence-corrected chi connectivity index (χ2v) is 6.11. The minimum absolute atomic E-state index is 0.233. The molecule has 1 fully saturated rings. The largest absolute Gasteiger partial charge is 0.395 e. The Morgan fingerprint density at radius 2 is 2.22 bits per heavy atom. The Labute approximate surface area is 105 Å². The molecule has 2 rings (SSSR count). The number of hydrogen-bond donors (Lipinski definition) is 2. The average molecular weight is 274 g/mol. The molecule has 0 saturated carbocycles. The lowest BCUT2D eigenvalue weighted by atomic mass is 10.2. The van der Waals surface area contributed by atoms with Crippen LogP contribution < -0.4 is 5.73 Å². The van der Waals surface area contributed by atoms with Crippen molar-refractivity contribution < 1.29 is 17.9 Å². The van der Waals surface area contributed by atoms with Gasteiger partial charge in [-0.1, -0.05) is 6.07 Å².